The van der Waals surface area contributed by atoms with Crippen molar-refractivity contribution < 1.29 is 9.72 Å². The van der Waals surface area contributed by atoms with E-state index < -0.39 is 4.92 Å². The molecular formula is C13H17N5O3. The predicted molar refractivity (Wildman–Crippen MR) is 76.2 cm³/mol. The molecule has 8 nitrogen and oxygen atoms in total. The highest BCUT2D eigenvalue weighted by molar-refractivity contribution is 5.76. The van der Waals surface area contributed by atoms with Crippen LogP contribution in [0, 0.1) is 10.1 Å². The molecule has 3 heterocycles. The molecule has 1 unspecified atom stereocenters. The molecule has 1 N–H and O–H groups in total. The van der Waals surface area contributed by atoms with Gasteiger partial charge in [0.15, 0.2) is 0 Å². The van der Waals surface area contributed by atoms with Gasteiger partial charge in [-0.15, -0.1) is 0 Å². The molecule has 3 rings (SSSR count). The summed E-state index contributed by atoms with van der Waals surface area (Å²) >= 11 is 0. The average Bonchev–Trinajstić information content (AvgIpc) is 2.93. The first-order valence-corrected chi connectivity index (χ1v) is 7.05. The minimum absolute atomic E-state index is 0.0176. The van der Waals surface area contributed by atoms with E-state index in [1.807, 2.05) is 9.80 Å². The fourth-order valence-electron chi connectivity index (χ4n) is 3.01. The van der Waals surface area contributed by atoms with Gasteiger partial charge in [0, 0.05) is 38.4 Å². The van der Waals surface area contributed by atoms with Crippen LogP contribution in [0.2, 0.25) is 0 Å². The zero-order valence-corrected chi connectivity index (χ0v) is 11.6. The first-order chi connectivity index (χ1) is 10.2. The van der Waals surface area contributed by atoms with E-state index in [9.17, 15) is 14.9 Å². The van der Waals surface area contributed by atoms with Gasteiger partial charge in [0.1, 0.15) is 0 Å². The van der Waals surface area contributed by atoms with Gasteiger partial charge in [0.25, 0.3) is 0 Å². The van der Waals surface area contributed by atoms with Gasteiger partial charge in [-0.3, -0.25) is 10.1 Å². The van der Waals surface area contributed by atoms with Crippen molar-refractivity contribution in [3.63, 3.8) is 0 Å². The van der Waals surface area contributed by atoms with Gasteiger partial charge in [-0.2, -0.15) is 0 Å². The topological polar surface area (TPSA) is 91.6 Å². The number of amides is 2. The highest BCUT2D eigenvalue weighted by atomic mass is 16.6. The molecule has 112 valence electrons. The highest BCUT2D eigenvalue weighted by Gasteiger charge is 2.33. The van der Waals surface area contributed by atoms with Crippen LogP contribution >= 0.6 is 0 Å². The Labute approximate surface area is 121 Å². The molecule has 1 aromatic rings. The summed E-state index contributed by atoms with van der Waals surface area (Å²) in [5, 5.41) is 13.9. The quantitative estimate of drug-likeness (QED) is 0.662. The molecule has 0 spiro atoms. The second-order valence-electron chi connectivity index (χ2n) is 5.27. The first-order valence-electron chi connectivity index (χ1n) is 7.05. The van der Waals surface area contributed by atoms with Crippen molar-refractivity contribution in [3.05, 3.63) is 28.4 Å². The Hall–Kier alpha value is -2.38. The number of pyridine rings is 1. The Kier molecular flexibility index (Phi) is 3.59. The number of aromatic nitrogens is 1. The summed E-state index contributed by atoms with van der Waals surface area (Å²) in [5.41, 5.74) is 0.0176. The summed E-state index contributed by atoms with van der Waals surface area (Å²) in [7, 11) is 0. The van der Waals surface area contributed by atoms with Gasteiger partial charge in [-0.05, 0) is 18.9 Å². The van der Waals surface area contributed by atoms with E-state index >= 15 is 0 Å². The van der Waals surface area contributed by atoms with Crippen LogP contribution in [0.5, 0.6) is 0 Å². The minimum atomic E-state index is -0.408. The van der Waals surface area contributed by atoms with E-state index in [-0.39, 0.29) is 17.8 Å². The van der Waals surface area contributed by atoms with Crippen molar-refractivity contribution in [1.29, 1.82) is 0 Å². The molecule has 2 fully saturated rings. The number of urea groups is 1. The molecule has 0 aromatic carbocycles. The lowest BCUT2D eigenvalue weighted by molar-refractivity contribution is -0.384. The van der Waals surface area contributed by atoms with Crippen molar-refractivity contribution in [2.24, 2.45) is 0 Å². The van der Waals surface area contributed by atoms with Crippen LogP contribution in [0.25, 0.3) is 0 Å². The van der Waals surface area contributed by atoms with E-state index in [4.69, 9.17) is 0 Å². The standard InChI is InChI=1S/C13H17N5O3/c19-13-15-6-8-17(13)10-3-2-7-16(9-10)12-11(18(20)21)4-1-5-14-12/h1,4-5,10H,2-3,6-9H2,(H,15,19). The molecule has 0 radical (unpaired) electrons. The monoisotopic (exact) mass is 291 g/mol. The lowest BCUT2D eigenvalue weighted by atomic mass is 10.0. The maximum Gasteiger partial charge on any atom is 0.317 e. The van der Waals surface area contributed by atoms with Gasteiger partial charge >= 0.3 is 11.7 Å². The Morgan fingerprint density at radius 3 is 3.00 bits per heavy atom. The third-order valence-electron chi connectivity index (χ3n) is 3.99. The van der Waals surface area contributed by atoms with Crippen LogP contribution in [0.3, 0.4) is 0 Å². The molecule has 1 aromatic heterocycles. The zero-order valence-electron chi connectivity index (χ0n) is 11.6. The van der Waals surface area contributed by atoms with Crippen LogP contribution in [0.4, 0.5) is 16.3 Å². The molecule has 2 amide bonds. The molecule has 1 atom stereocenters. The summed E-state index contributed by atoms with van der Waals surface area (Å²) in [6.45, 7) is 2.68. The van der Waals surface area contributed by atoms with Crippen molar-refractivity contribution in [1.82, 2.24) is 15.2 Å². The van der Waals surface area contributed by atoms with E-state index in [0.29, 0.717) is 25.5 Å². The van der Waals surface area contributed by atoms with Gasteiger partial charge < -0.3 is 15.1 Å². The lowest BCUT2D eigenvalue weighted by Crippen LogP contribution is -2.49. The van der Waals surface area contributed by atoms with E-state index in [1.165, 1.54) is 6.07 Å². The fourth-order valence-corrected chi connectivity index (χ4v) is 3.01. The third-order valence-corrected chi connectivity index (χ3v) is 3.99. The number of carbonyl (C=O) groups excluding carboxylic acids is 1. The summed E-state index contributed by atoms with van der Waals surface area (Å²) < 4.78 is 0. The van der Waals surface area contributed by atoms with E-state index in [2.05, 4.69) is 10.3 Å². The molecular weight excluding hydrogens is 274 g/mol. The lowest BCUT2D eigenvalue weighted by Gasteiger charge is -2.37. The number of nitro groups is 1. The number of anilines is 1. The smallest absolute Gasteiger partial charge is 0.317 e. The average molecular weight is 291 g/mol. The van der Waals surface area contributed by atoms with Gasteiger partial charge in [-0.25, -0.2) is 9.78 Å². The Balaban J connectivity index is 1.80. The Bertz CT molecular complexity index is 564. The van der Waals surface area contributed by atoms with Crippen molar-refractivity contribution in [3.8, 4) is 0 Å². The largest absolute Gasteiger partial charge is 0.349 e. The summed E-state index contributed by atoms with van der Waals surface area (Å²) in [6.07, 6.45) is 3.38. The van der Waals surface area contributed by atoms with Crippen LogP contribution in [0.1, 0.15) is 12.8 Å². The SMILES string of the molecule is O=C1NCCN1C1CCCN(c2ncccc2[N+](=O)[O-])C1. The van der Waals surface area contributed by atoms with Gasteiger partial charge in [0.2, 0.25) is 5.82 Å². The van der Waals surface area contributed by atoms with Crippen LogP contribution < -0.4 is 10.2 Å². The highest BCUT2D eigenvalue weighted by Crippen LogP contribution is 2.28. The molecule has 8 heteroatoms. The summed E-state index contributed by atoms with van der Waals surface area (Å²) in [6, 6.07) is 3.08. The van der Waals surface area contributed by atoms with Crippen LogP contribution in [0.15, 0.2) is 18.3 Å². The second kappa shape index (κ2) is 5.55. The third kappa shape index (κ3) is 2.61. The number of nitrogens with zero attached hydrogens (tertiary/aromatic N) is 4. The zero-order chi connectivity index (χ0) is 14.8. The number of carbonyl (C=O) groups is 1. The number of piperidine rings is 1. The molecule has 0 saturated carbocycles. The van der Waals surface area contributed by atoms with Crippen LogP contribution in [-0.2, 0) is 0 Å². The summed E-state index contributed by atoms with van der Waals surface area (Å²) in [4.78, 5) is 30.4. The Morgan fingerprint density at radius 2 is 2.29 bits per heavy atom. The van der Waals surface area contributed by atoms with Crippen molar-refractivity contribution in [2.45, 2.75) is 18.9 Å². The first kappa shape index (κ1) is 13.6. The molecule has 2 aliphatic rings. The molecule has 0 aliphatic carbocycles. The number of hydrogen-bond donors (Lipinski definition) is 1. The normalized spacial score (nSPS) is 22.3. The van der Waals surface area contributed by atoms with Crippen molar-refractivity contribution >= 4 is 17.5 Å². The molecule has 2 aliphatic heterocycles. The maximum absolute atomic E-state index is 11.8. The maximum atomic E-state index is 11.8. The minimum Gasteiger partial charge on any atom is -0.349 e. The fraction of sp³-hybridized carbons (Fsp3) is 0.538. The van der Waals surface area contributed by atoms with Crippen molar-refractivity contribution in [2.75, 3.05) is 31.1 Å². The second-order valence-corrected chi connectivity index (χ2v) is 5.27. The Morgan fingerprint density at radius 1 is 1.43 bits per heavy atom. The van der Waals surface area contributed by atoms with Crippen LogP contribution in [-0.4, -0.2) is 53.1 Å². The van der Waals surface area contributed by atoms with E-state index in [0.717, 1.165) is 19.4 Å². The molecule has 21 heavy (non-hydrogen) atoms. The van der Waals surface area contributed by atoms with Gasteiger partial charge in [-0.1, -0.05) is 0 Å². The predicted octanol–water partition coefficient (Wildman–Crippen LogP) is 0.984. The van der Waals surface area contributed by atoms with Gasteiger partial charge in [0.05, 0.1) is 11.0 Å². The molecule has 2 saturated heterocycles. The molecule has 0 bridgehead atoms. The summed E-state index contributed by atoms with van der Waals surface area (Å²) in [5.74, 6) is 0.395. The number of nitrogens with one attached hydrogen (secondary N) is 1. The number of rotatable bonds is 3. The van der Waals surface area contributed by atoms with E-state index in [1.54, 1.807) is 12.3 Å². The number of hydrogen-bond acceptors (Lipinski definition) is 5.